The molecule has 1 N–H and O–H groups in total. The Hall–Kier alpha value is -0.510. The predicted molar refractivity (Wildman–Crippen MR) is 78.1 cm³/mol. The van der Waals surface area contributed by atoms with Gasteiger partial charge in [-0.15, -0.1) is 0 Å². The Bertz CT molecular complexity index is 419. The van der Waals surface area contributed by atoms with E-state index in [1.165, 1.54) is 60.9 Å². The molecule has 1 aliphatic heterocycles. The van der Waals surface area contributed by atoms with Crippen molar-refractivity contribution >= 4 is 21.7 Å². The van der Waals surface area contributed by atoms with Crippen LogP contribution in [-0.2, 0) is 6.54 Å². The lowest BCUT2D eigenvalue weighted by Crippen LogP contribution is -2.26. The van der Waals surface area contributed by atoms with Gasteiger partial charge in [-0.3, -0.25) is 0 Å². The molecule has 3 rings (SSSR count). The summed E-state index contributed by atoms with van der Waals surface area (Å²) < 4.78 is 3.38. The molecule has 0 spiro atoms. The average molecular weight is 312 g/mol. The van der Waals surface area contributed by atoms with Gasteiger partial charge in [-0.25, -0.2) is 4.68 Å². The van der Waals surface area contributed by atoms with Gasteiger partial charge in [0.05, 0.1) is 10.2 Å². The van der Waals surface area contributed by atoms with E-state index >= 15 is 0 Å². The predicted octanol–water partition coefficient (Wildman–Crippen LogP) is 4.29. The third-order valence-corrected chi connectivity index (χ3v) is 5.10. The van der Waals surface area contributed by atoms with Crippen LogP contribution in [0.5, 0.6) is 0 Å². The zero-order chi connectivity index (χ0) is 12.5. The smallest absolute Gasteiger partial charge is 0.139 e. The van der Waals surface area contributed by atoms with Crippen LogP contribution in [0.3, 0.4) is 0 Å². The number of aryl methyl sites for hydroxylation is 1. The lowest BCUT2D eigenvalue weighted by molar-refractivity contribution is 0.496. The lowest BCUT2D eigenvalue weighted by atomic mass is 9.97. The van der Waals surface area contributed by atoms with Crippen molar-refractivity contribution in [1.29, 1.82) is 0 Å². The Morgan fingerprint density at radius 1 is 1.17 bits per heavy atom. The molecular weight excluding hydrogens is 290 g/mol. The zero-order valence-electron chi connectivity index (χ0n) is 11.1. The molecule has 1 aromatic heterocycles. The highest BCUT2D eigenvalue weighted by atomic mass is 79.9. The van der Waals surface area contributed by atoms with Crippen LogP contribution in [0.4, 0.5) is 5.82 Å². The van der Waals surface area contributed by atoms with Gasteiger partial charge in [0.25, 0.3) is 0 Å². The van der Waals surface area contributed by atoms with Crippen molar-refractivity contribution in [3.05, 3.63) is 10.2 Å². The second-order valence-corrected chi connectivity index (χ2v) is 6.59. The number of halogens is 1. The maximum Gasteiger partial charge on any atom is 0.139 e. The molecule has 0 bridgehead atoms. The van der Waals surface area contributed by atoms with E-state index < -0.39 is 0 Å². The van der Waals surface area contributed by atoms with E-state index in [0.717, 1.165) is 6.54 Å². The highest BCUT2D eigenvalue weighted by Gasteiger charge is 2.26. The van der Waals surface area contributed by atoms with Crippen LogP contribution >= 0.6 is 15.9 Å². The van der Waals surface area contributed by atoms with E-state index in [-0.39, 0.29) is 0 Å². The van der Waals surface area contributed by atoms with Gasteiger partial charge in [-0.2, -0.15) is 5.10 Å². The molecule has 1 aromatic rings. The second-order valence-electron chi connectivity index (χ2n) is 5.79. The van der Waals surface area contributed by atoms with Gasteiger partial charge in [0.1, 0.15) is 5.82 Å². The summed E-state index contributed by atoms with van der Waals surface area (Å²) in [5, 5.41) is 8.41. The first-order valence-corrected chi connectivity index (χ1v) is 8.07. The number of nitrogens with one attached hydrogen (secondary N) is 1. The minimum Gasteiger partial charge on any atom is -0.367 e. The van der Waals surface area contributed by atoms with Gasteiger partial charge >= 0.3 is 0 Å². The molecule has 1 unspecified atom stereocenters. The Morgan fingerprint density at radius 2 is 1.89 bits per heavy atom. The standard InChI is InChI=1S/C14H22BrN3/c1-10-8-9-18-14(16-10)12(15)13(17-18)11-6-4-2-3-5-7-11/h10-11,16H,2-9H2,1H3. The molecule has 4 heteroatoms. The first-order chi connectivity index (χ1) is 8.75. The van der Waals surface area contributed by atoms with E-state index in [0.29, 0.717) is 12.0 Å². The minimum absolute atomic E-state index is 0.562. The molecule has 18 heavy (non-hydrogen) atoms. The fourth-order valence-electron chi connectivity index (χ4n) is 3.19. The van der Waals surface area contributed by atoms with Crippen LogP contribution in [0.15, 0.2) is 4.47 Å². The summed E-state index contributed by atoms with van der Waals surface area (Å²) in [5.41, 5.74) is 1.30. The van der Waals surface area contributed by atoms with Crippen LogP contribution in [0, 0.1) is 0 Å². The van der Waals surface area contributed by atoms with Crippen LogP contribution in [0.1, 0.15) is 63.5 Å². The summed E-state index contributed by atoms with van der Waals surface area (Å²) in [6.45, 7) is 3.29. The first-order valence-electron chi connectivity index (χ1n) is 7.28. The molecule has 0 amide bonds. The van der Waals surface area contributed by atoms with Gasteiger partial charge in [0.15, 0.2) is 0 Å². The van der Waals surface area contributed by atoms with Crippen LogP contribution < -0.4 is 5.32 Å². The Kier molecular flexibility index (Phi) is 3.64. The quantitative estimate of drug-likeness (QED) is 0.784. The topological polar surface area (TPSA) is 29.9 Å². The molecule has 1 saturated carbocycles. The van der Waals surface area contributed by atoms with Crippen LogP contribution in [-0.4, -0.2) is 15.8 Å². The Labute approximate surface area is 117 Å². The van der Waals surface area contributed by atoms with E-state index in [1.807, 2.05) is 0 Å². The summed E-state index contributed by atoms with van der Waals surface area (Å²) in [5.74, 6) is 1.87. The van der Waals surface area contributed by atoms with Gasteiger partial charge in [0.2, 0.25) is 0 Å². The third kappa shape index (κ3) is 2.31. The van der Waals surface area contributed by atoms with Crippen molar-refractivity contribution < 1.29 is 0 Å². The van der Waals surface area contributed by atoms with Gasteiger partial charge in [-0.1, -0.05) is 25.7 Å². The number of hydrogen-bond donors (Lipinski definition) is 1. The number of aromatic nitrogens is 2. The van der Waals surface area contributed by atoms with Crippen molar-refractivity contribution in [3.63, 3.8) is 0 Å². The van der Waals surface area contributed by atoms with Gasteiger partial charge < -0.3 is 5.32 Å². The van der Waals surface area contributed by atoms with E-state index in [4.69, 9.17) is 5.10 Å². The van der Waals surface area contributed by atoms with E-state index in [2.05, 4.69) is 32.9 Å². The van der Waals surface area contributed by atoms with E-state index in [1.54, 1.807) is 0 Å². The molecule has 1 aliphatic carbocycles. The van der Waals surface area contributed by atoms with Gasteiger partial charge in [-0.05, 0) is 42.1 Å². The SMILES string of the molecule is CC1CCn2nc(C3CCCCCC3)c(Br)c2N1. The summed E-state index contributed by atoms with van der Waals surface area (Å²) in [4.78, 5) is 0. The van der Waals surface area contributed by atoms with Crippen LogP contribution in [0.2, 0.25) is 0 Å². The molecule has 3 nitrogen and oxygen atoms in total. The maximum atomic E-state index is 4.86. The van der Waals surface area contributed by atoms with Crippen molar-refractivity contribution in [3.8, 4) is 0 Å². The summed E-state index contributed by atoms with van der Waals surface area (Å²) >= 11 is 3.78. The third-order valence-electron chi connectivity index (χ3n) is 4.32. The summed E-state index contributed by atoms with van der Waals surface area (Å²) in [6.07, 6.45) is 9.32. The largest absolute Gasteiger partial charge is 0.367 e. The fraction of sp³-hybridized carbons (Fsp3) is 0.786. The molecule has 2 heterocycles. The molecule has 1 atom stereocenters. The number of nitrogens with zero attached hydrogens (tertiary/aromatic N) is 2. The molecule has 100 valence electrons. The summed E-state index contributed by atoms with van der Waals surface area (Å²) in [7, 11) is 0. The van der Waals surface area contributed by atoms with Crippen molar-refractivity contribution in [2.75, 3.05) is 5.32 Å². The highest BCUT2D eigenvalue weighted by molar-refractivity contribution is 9.10. The molecular formula is C14H22BrN3. The van der Waals surface area contributed by atoms with Crippen molar-refractivity contribution in [2.45, 2.75) is 70.4 Å². The Balaban J connectivity index is 1.88. The van der Waals surface area contributed by atoms with Crippen molar-refractivity contribution in [2.24, 2.45) is 0 Å². The first kappa shape index (κ1) is 12.5. The Morgan fingerprint density at radius 3 is 2.61 bits per heavy atom. The normalized spacial score (nSPS) is 25.3. The fourth-order valence-corrected chi connectivity index (χ4v) is 3.92. The average Bonchev–Trinajstić information content (AvgIpc) is 2.59. The maximum absolute atomic E-state index is 4.86. The number of fused-ring (bicyclic) bond motifs is 1. The summed E-state index contributed by atoms with van der Waals surface area (Å²) in [6, 6.07) is 0.562. The lowest BCUT2D eigenvalue weighted by Gasteiger charge is -2.22. The van der Waals surface area contributed by atoms with Crippen LogP contribution in [0.25, 0.3) is 0 Å². The number of anilines is 1. The molecule has 2 aliphatic rings. The highest BCUT2D eigenvalue weighted by Crippen LogP contribution is 2.39. The molecule has 0 radical (unpaired) electrons. The number of hydrogen-bond acceptors (Lipinski definition) is 2. The van der Waals surface area contributed by atoms with Gasteiger partial charge in [0, 0.05) is 18.5 Å². The van der Waals surface area contributed by atoms with Crippen molar-refractivity contribution in [1.82, 2.24) is 9.78 Å². The van der Waals surface area contributed by atoms with E-state index in [9.17, 15) is 0 Å². The molecule has 0 aromatic carbocycles. The number of rotatable bonds is 1. The molecule has 1 fully saturated rings. The second kappa shape index (κ2) is 5.24. The monoisotopic (exact) mass is 311 g/mol. The minimum atomic E-state index is 0.562. The molecule has 0 saturated heterocycles. The zero-order valence-corrected chi connectivity index (χ0v) is 12.7.